The molecular formula is C22H36IN7O2. The SMILES string of the molecule is CCc1nncn1CCNC(=NCc1cccc(OC)c1)NCCCN1CCOCC1.I. The molecule has 32 heavy (non-hydrogen) atoms. The molecule has 1 aliphatic rings. The van der Waals surface area contributed by atoms with Crippen LogP contribution in [0.2, 0.25) is 0 Å². The van der Waals surface area contributed by atoms with Crippen molar-refractivity contribution in [1.29, 1.82) is 0 Å². The third-order valence-electron chi connectivity index (χ3n) is 5.26. The van der Waals surface area contributed by atoms with Gasteiger partial charge >= 0.3 is 0 Å². The largest absolute Gasteiger partial charge is 0.497 e. The van der Waals surface area contributed by atoms with Crippen LogP contribution in [0.1, 0.15) is 24.7 Å². The van der Waals surface area contributed by atoms with Gasteiger partial charge in [-0.3, -0.25) is 4.90 Å². The van der Waals surface area contributed by atoms with E-state index in [1.165, 1.54) is 0 Å². The Morgan fingerprint density at radius 2 is 2.00 bits per heavy atom. The quantitative estimate of drug-likeness (QED) is 0.189. The van der Waals surface area contributed by atoms with Crippen LogP contribution in [0.5, 0.6) is 5.75 Å². The molecular weight excluding hydrogens is 521 g/mol. The Hall–Kier alpha value is -1.92. The summed E-state index contributed by atoms with van der Waals surface area (Å²) in [6.45, 7) is 9.88. The third-order valence-corrected chi connectivity index (χ3v) is 5.26. The highest BCUT2D eigenvalue weighted by molar-refractivity contribution is 14.0. The fraction of sp³-hybridized carbons (Fsp3) is 0.591. The minimum absolute atomic E-state index is 0. The molecule has 1 aromatic carbocycles. The molecule has 1 aromatic heterocycles. The molecule has 1 saturated heterocycles. The monoisotopic (exact) mass is 557 g/mol. The molecule has 9 nitrogen and oxygen atoms in total. The molecule has 0 saturated carbocycles. The molecule has 3 rings (SSSR count). The van der Waals surface area contributed by atoms with Crippen molar-refractivity contribution in [1.82, 2.24) is 30.3 Å². The van der Waals surface area contributed by atoms with Crippen LogP contribution in [0.15, 0.2) is 35.6 Å². The number of nitrogens with zero attached hydrogens (tertiary/aromatic N) is 5. The number of nitrogens with one attached hydrogen (secondary N) is 2. The zero-order valence-corrected chi connectivity index (χ0v) is 21.5. The lowest BCUT2D eigenvalue weighted by atomic mass is 10.2. The molecule has 0 bridgehead atoms. The van der Waals surface area contributed by atoms with Gasteiger partial charge in [-0.2, -0.15) is 0 Å². The first-order valence-corrected chi connectivity index (χ1v) is 11.1. The fourth-order valence-corrected chi connectivity index (χ4v) is 3.48. The van der Waals surface area contributed by atoms with Crippen LogP contribution in [0.4, 0.5) is 0 Å². The van der Waals surface area contributed by atoms with Gasteiger partial charge in [0.2, 0.25) is 0 Å². The minimum atomic E-state index is 0. The van der Waals surface area contributed by atoms with E-state index in [1.807, 2.05) is 18.2 Å². The van der Waals surface area contributed by atoms with Gasteiger partial charge in [0, 0.05) is 39.1 Å². The Morgan fingerprint density at radius 1 is 1.19 bits per heavy atom. The molecule has 178 valence electrons. The number of aromatic nitrogens is 3. The number of guanidine groups is 1. The molecule has 0 aliphatic carbocycles. The number of aryl methyl sites for hydroxylation is 1. The Bertz CT molecular complexity index is 809. The summed E-state index contributed by atoms with van der Waals surface area (Å²) in [5, 5.41) is 15.1. The third kappa shape index (κ3) is 8.91. The maximum Gasteiger partial charge on any atom is 0.191 e. The van der Waals surface area contributed by atoms with E-state index in [0.29, 0.717) is 6.54 Å². The van der Waals surface area contributed by atoms with Gasteiger partial charge in [-0.15, -0.1) is 34.2 Å². The van der Waals surface area contributed by atoms with Crippen LogP contribution in [-0.4, -0.2) is 78.7 Å². The summed E-state index contributed by atoms with van der Waals surface area (Å²) in [6, 6.07) is 8.02. The molecule has 10 heteroatoms. The van der Waals surface area contributed by atoms with Crippen molar-refractivity contribution in [2.24, 2.45) is 4.99 Å². The number of morpholine rings is 1. The summed E-state index contributed by atoms with van der Waals surface area (Å²) in [5.41, 5.74) is 1.11. The Morgan fingerprint density at radius 3 is 2.78 bits per heavy atom. The van der Waals surface area contributed by atoms with E-state index in [9.17, 15) is 0 Å². The summed E-state index contributed by atoms with van der Waals surface area (Å²) in [6.07, 6.45) is 3.71. The second-order valence-corrected chi connectivity index (χ2v) is 7.47. The van der Waals surface area contributed by atoms with Crippen molar-refractivity contribution < 1.29 is 9.47 Å². The number of ether oxygens (including phenoxy) is 2. The Balaban J connectivity index is 0.00000363. The first-order chi connectivity index (χ1) is 15.3. The lowest BCUT2D eigenvalue weighted by Gasteiger charge is -2.26. The van der Waals surface area contributed by atoms with Gasteiger partial charge < -0.3 is 24.7 Å². The van der Waals surface area contributed by atoms with Crippen LogP contribution >= 0.6 is 24.0 Å². The molecule has 2 N–H and O–H groups in total. The first-order valence-electron chi connectivity index (χ1n) is 11.1. The van der Waals surface area contributed by atoms with Crippen molar-refractivity contribution in [2.45, 2.75) is 32.9 Å². The number of hydrogen-bond acceptors (Lipinski definition) is 6. The van der Waals surface area contributed by atoms with E-state index >= 15 is 0 Å². The normalized spacial score (nSPS) is 14.6. The minimum Gasteiger partial charge on any atom is -0.497 e. The number of hydrogen-bond donors (Lipinski definition) is 2. The van der Waals surface area contributed by atoms with Crippen LogP contribution < -0.4 is 15.4 Å². The van der Waals surface area contributed by atoms with Gasteiger partial charge in [-0.05, 0) is 30.7 Å². The topological polar surface area (TPSA) is 88.8 Å². The summed E-state index contributed by atoms with van der Waals surface area (Å²) in [7, 11) is 1.68. The zero-order chi connectivity index (χ0) is 21.7. The lowest BCUT2D eigenvalue weighted by Crippen LogP contribution is -2.41. The predicted molar refractivity (Wildman–Crippen MR) is 137 cm³/mol. The highest BCUT2D eigenvalue weighted by Gasteiger charge is 2.09. The fourth-order valence-electron chi connectivity index (χ4n) is 3.48. The second kappa shape index (κ2) is 15.0. The van der Waals surface area contributed by atoms with Gasteiger partial charge in [-0.25, -0.2) is 4.99 Å². The van der Waals surface area contributed by atoms with E-state index < -0.39 is 0 Å². The number of rotatable bonds is 11. The average Bonchev–Trinajstić information content (AvgIpc) is 3.28. The molecule has 2 heterocycles. The molecule has 0 radical (unpaired) electrons. The second-order valence-electron chi connectivity index (χ2n) is 7.47. The maximum absolute atomic E-state index is 5.42. The van der Waals surface area contributed by atoms with Crippen molar-refractivity contribution in [3.63, 3.8) is 0 Å². The van der Waals surface area contributed by atoms with E-state index in [2.05, 4.69) is 43.3 Å². The van der Waals surface area contributed by atoms with Crippen LogP contribution in [0.3, 0.4) is 0 Å². The van der Waals surface area contributed by atoms with E-state index in [4.69, 9.17) is 14.5 Å². The Labute approximate surface area is 208 Å². The molecule has 0 amide bonds. The van der Waals surface area contributed by atoms with Crippen molar-refractivity contribution in [3.05, 3.63) is 42.0 Å². The molecule has 1 fully saturated rings. The first kappa shape index (κ1) is 26.3. The van der Waals surface area contributed by atoms with Gasteiger partial charge in [0.1, 0.15) is 17.9 Å². The highest BCUT2D eigenvalue weighted by atomic mass is 127. The van der Waals surface area contributed by atoms with Crippen molar-refractivity contribution in [2.75, 3.05) is 53.0 Å². The van der Waals surface area contributed by atoms with Gasteiger partial charge in [0.25, 0.3) is 0 Å². The van der Waals surface area contributed by atoms with E-state index in [1.54, 1.807) is 13.4 Å². The standard InChI is InChI=1S/C22H35N7O2.HI/c1-3-21-27-26-18-29(21)11-9-24-22(23-8-5-10-28-12-14-31-15-13-28)25-17-19-6-4-7-20(16-19)30-2;/h4,6-7,16,18H,3,5,8-15,17H2,1-2H3,(H2,23,24,25);1H. The smallest absolute Gasteiger partial charge is 0.191 e. The van der Waals surface area contributed by atoms with Crippen molar-refractivity contribution >= 4 is 29.9 Å². The van der Waals surface area contributed by atoms with E-state index in [0.717, 1.165) is 88.4 Å². The van der Waals surface area contributed by atoms with Crippen LogP contribution in [0.25, 0.3) is 0 Å². The lowest BCUT2D eigenvalue weighted by molar-refractivity contribution is 0.0376. The van der Waals surface area contributed by atoms with Crippen molar-refractivity contribution in [3.8, 4) is 5.75 Å². The van der Waals surface area contributed by atoms with Gasteiger partial charge in [0.05, 0.1) is 26.9 Å². The maximum atomic E-state index is 5.42. The summed E-state index contributed by atoms with van der Waals surface area (Å²) >= 11 is 0. The number of methoxy groups -OCH3 is 1. The van der Waals surface area contributed by atoms with Crippen LogP contribution in [0, 0.1) is 0 Å². The molecule has 1 aliphatic heterocycles. The predicted octanol–water partition coefficient (Wildman–Crippen LogP) is 1.92. The van der Waals surface area contributed by atoms with E-state index in [-0.39, 0.29) is 24.0 Å². The summed E-state index contributed by atoms with van der Waals surface area (Å²) in [5.74, 6) is 2.66. The summed E-state index contributed by atoms with van der Waals surface area (Å²) in [4.78, 5) is 7.23. The molecule has 0 atom stereocenters. The molecule has 2 aromatic rings. The van der Waals surface area contributed by atoms with Crippen LogP contribution in [-0.2, 0) is 24.2 Å². The molecule has 0 unspecified atom stereocenters. The van der Waals surface area contributed by atoms with Gasteiger partial charge in [0.15, 0.2) is 5.96 Å². The highest BCUT2D eigenvalue weighted by Crippen LogP contribution is 2.13. The van der Waals surface area contributed by atoms with Gasteiger partial charge in [-0.1, -0.05) is 19.1 Å². The number of benzene rings is 1. The number of aliphatic imine (C=N–C) groups is 1. The average molecular weight is 557 g/mol. The summed E-state index contributed by atoms with van der Waals surface area (Å²) < 4.78 is 12.8. The Kier molecular flexibility index (Phi) is 12.4. The molecule has 0 spiro atoms. The number of halogens is 1. The zero-order valence-electron chi connectivity index (χ0n) is 19.1.